The van der Waals surface area contributed by atoms with Gasteiger partial charge in [0.2, 0.25) is 0 Å². The van der Waals surface area contributed by atoms with Crippen molar-refractivity contribution in [2.24, 2.45) is 7.05 Å². The number of rotatable bonds is 5. The predicted molar refractivity (Wildman–Crippen MR) is 114 cm³/mol. The van der Waals surface area contributed by atoms with Crippen LogP contribution in [0.4, 0.5) is 23.2 Å². The standard InChI is InChI=1S/C20H15F4N7O2S/c1-9(29-18(33)15-14-16(27-7-26-15)31(2)8-28-14)19-25-6-13(34-19)17(32)30-10-3-4-12(21)11(5-10)20(22,23)24/h3-9H,1-2H3,(H,29,33)(H,30,32). The van der Waals surface area contributed by atoms with Crippen molar-refractivity contribution in [1.29, 1.82) is 0 Å². The van der Waals surface area contributed by atoms with Crippen LogP contribution in [0, 0.1) is 5.82 Å². The van der Waals surface area contributed by atoms with E-state index in [-0.39, 0.29) is 16.3 Å². The molecule has 0 fully saturated rings. The lowest BCUT2D eigenvalue weighted by Gasteiger charge is -2.11. The number of amides is 2. The average molecular weight is 493 g/mol. The molecule has 176 valence electrons. The summed E-state index contributed by atoms with van der Waals surface area (Å²) in [6.07, 6.45) is -0.923. The molecular formula is C20H15F4N7O2S. The summed E-state index contributed by atoms with van der Waals surface area (Å²) in [4.78, 5) is 41.6. The van der Waals surface area contributed by atoms with Crippen molar-refractivity contribution in [2.45, 2.75) is 19.1 Å². The molecule has 14 heteroatoms. The number of aryl methyl sites for hydroxylation is 1. The molecule has 1 atom stereocenters. The Kier molecular flexibility index (Phi) is 6.00. The molecule has 0 radical (unpaired) electrons. The van der Waals surface area contributed by atoms with E-state index in [1.165, 1.54) is 18.9 Å². The van der Waals surface area contributed by atoms with Crippen LogP contribution in [0.1, 0.15) is 43.7 Å². The summed E-state index contributed by atoms with van der Waals surface area (Å²) in [7, 11) is 1.73. The van der Waals surface area contributed by atoms with Crippen LogP contribution in [-0.4, -0.2) is 36.3 Å². The van der Waals surface area contributed by atoms with Crippen LogP contribution in [0.3, 0.4) is 0 Å². The Hall–Kier alpha value is -3.94. The summed E-state index contributed by atoms with van der Waals surface area (Å²) in [6.45, 7) is 1.64. The van der Waals surface area contributed by atoms with Gasteiger partial charge in [-0.1, -0.05) is 0 Å². The number of hydrogen-bond acceptors (Lipinski definition) is 7. The van der Waals surface area contributed by atoms with E-state index >= 15 is 0 Å². The molecule has 9 nitrogen and oxygen atoms in total. The highest BCUT2D eigenvalue weighted by Gasteiger charge is 2.34. The van der Waals surface area contributed by atoms with Gasteiger partial charge in [-0.05, 0) is 25.1 Å². The summed E-state index contributed by atoms with van der Waals surface area (Å²) in [5.41, 5.74) is -0.831. The van der Waals surface area contributed by atoms with E-state index in [0.717, 1.165) is 17.4 Å². The largest absolute Gasteiger partial charge is 0.419 e. The number of nitrogens with zero attached hydrogens (tertiary/aromatic N) is 5. The molecule has 0 aliphatic rings. The molecule has 0 spiro atoms. The van der Waals surface area contributed by atoms with Gasteiger partial charge < -0.3 is 15.2 Å². The number of fused-ring (bicyclic) bond motifs is 1. The SMILES string of the molecule is CC(NC(=O)c1ncnc2c1ncn2C)c1ncc(C(=O)Nc2ccc(F)c(C(F)(F)F)c2)s1. The monoisotopic (exact) mass is 493 g/mol. The highest BCUT2D eigenvalue weighted by atomic mass is 32.1. The van der Waals surface area contributed by atoms with E-state index in [1.54, 1.807) is 18.5 Å². The van der Waals surface area contributed by atoms with E-state index in [4.69, 9.17) is 0 Å². The fourth-order valence-corrected chi connectivity index (χ4v) is 3.86. The lowest BCUT2D eigenvalue weighted by molar-refractivity contribution is -0.139. The van der Waals surface area contributed by atoms with Crippen LogP contribution in [0.5, 0.6) is 0 Å². The Morgan fingerprint density at radius 3 is 2.62 bits per heavy atom. The van der Waals surface area contributed by atoms with E-state index < -0.39 is 35.4 Å². The van der Waals surface area contributed by atoms with Gasteiger partial charge >= 0.3 is 6.18 Å². The van der Waals surface area contributed by atoms with E-state index in [1.807, 2.05) is 0 Å². The first-order valence-corrected chi connectivity index (χ1v) is 10.4. The van der Waals surface area contributed by atoms with E-state index in [2.05, 4.69) is 30.6 Å². The maximum absolute atomic E-state index is 13.4. The van der Waals surface area contributed by atoms with Crippen LogP contribution >= 0.6 is 11.3 Å². The minimum absolute atomic E-state index is 0.0729. The third-order valence-corrected chi connectivity index (χ3v) is 5.89. The van der Waals surface area contributed by atoms with Gasteiger partial charge in [0.1, 0.15) is 27.5 Å². The first-order chi connectivity index (χ1) is 16.0. The molecule has 2 amide bonds. The average Bonchev–Trinajstić information content (AvgIpc) is 3.42. The van der Waals surface area contributed by atoms with Gasteiger partial charge in [0.25, 0.3) is 11.8 Å². The number of nitrogens with one attached hydrogen (secondary N) is 2. The van der Waals surface area contributed by atoms with Gasteiger partial charge in [0, 0.05) is 12.7 Å². The third-order valence-electron chi connectivity index (χ3n) is 4.71. The molecule has 1 unspecified atom stereocenters. The topological polar surface area (TPSA) is 115 Å². The van der Waals surface area contributed by atoms with Crippen molar-refractivity contribution < 1.29 is 27.2 Å². The van der Waals surface area contributed by atoms with E-state index in [0.29, 0.717) is 28.3 Å². The zero-order valence-electron chi connectivity index (χ0n) is 17.5. The molecule has 0 aliphatic carbocycles. The summed E-state index contributed by atoms with van der Waals surface area (Å²) < 4.78 is 53.7. The number of anilines is 1. The second-order valence-corrected chi connectivity index (χ2v) is 8.22. The molecule has 4 aromatic rings. The molecule has 0 saturated heterocycles. The van der Waals surface area contributed by atoms with E-state index in [9.17, 15) is 27.2 Å². The molecule has 34 heavy (non-hydrogen) atoms. The summed E-state index contributed by atoms with van der Waals surface area (Å²) in [5.74, 6) is -2.69. The zero-order chi connectivity index (χ0) is 24.6. The minimum atomic E-state index is -4.90. The molecule has 0 bridgehead atoms. The zero-order valence-corrected chi connectivity index (χ0v) is 18.3. The normalized spacial score (nSPS) is 12.5. The maximum Gasteiger partial charge on any atom is 0.419 e. The number of alkyl halides is 3. The van der Waals surface area contributed by atoms with Gasteiger partial charge in [0.15, 0.2) is 11.3 Å². The van der Waals surface area contributed by atoms with Gasteiger partial charge in [-0.25, -0.2) is 24.3 Å². The Morgan fingerprint density at radius 2 is 1.88 bits per heavy atom. The lowest BCUT2D eigenvalue weighted by atomic mass is 10.2. The first kappa shape index (κ1) is 23.2. The van der Waals surface area contributed by atoms with Crippen molar-refractivity contribution in [3.63, 3.8) is 0 Å². The van der Waals surface area contributed by atoms with Gasteiger partial charge in [-0.15, -0.1) is 11.3 Å². The quantitative estimate of drug-likeness (QED) is 0.410. The van der Waals surface area contributed by atoms with Crippen molar-refractivity contribution in [3.05, 3.63) is 64.0 Å². The number of thiazole rings is 1. The third kappa shape index (κ3) is 4.57. The highest BCUT2D eigenvalue weighted by molar-refractivity contribution is 7.13. The minimum Gasteiger partial charge on any atom is -0.342 e. The van der Waals surface area contributed by atoms with Gasteiger partial charge in [0.05, 0.1) is 24.1 Å². The van der Waals surface area contributed by atoms with Crippen molar-refractivity contribution in [1.82, 2.24) is 29.8 Å². The van der Waals surface area contributed by atoms with Gasteiger partial charge in [-0.2, -0.15) is 13.2 Å². The Balaban J connectivity index is 1.46. The Morgan fingerprint density at radius 1 is 1.12 bits per heavy atom. The second-order valence-electron chi connectivity index (χ2n) is 7.15. The fraction of sp³-hybridized carbons (Fsp3) is 0.200. The van der Waals surface area contributed by atoms with Crippen LogP contribution in [-0.2, 0) is 13.2 Å². The molecule has 0 aliphatic heterocycles. The molecule has 3 heterocycles. The number of carbonyl (C=O) groups excluding carboxylic acids is 2. The summed E-state index contributed by atoms with van der Waals surface area (Å²) in [5, 5.41) is 5.38. The van der Waals surface area contributed by atoms with Crippen LogP contribution in [0.15, 0.2) is 37.1 Å². The second kappa shape index (κ2) is 8.78. The fourth-order valence-electron chi connectivity index (χ4n) is 3.04. The molecule has 1 aromatic carbocycles. The van der Waals surface area contributed by atoms with Crippen molar-refractivity contribution in [3.8, 4) is 0 Å². The van der Waals surface area contributed by atoms with Crippen LogP contribution in [0.25, 0.3) is 11.2 Å². The van der Waals surface area contributed by atoms with Crippen molar-refractivity contribution >= 4 is 40.0 Å². The predicted octanol–water partition coefficient (Wildman–Crippen LogP) is 3.72. The lowest BCUT2D eigenvalue weighted by Crippen LogP contribution is -2.27. The summed E-state index contributed by atoms with van der Waals surface area (Å²) >= 11 is 0.939. The summed E-state index contributed by atoms with van der Waals surface area (Å²) in [6, 6.07) is 1.54. The number of hydrogen-bond donors (Lipinski definition) is 2. The number of carbonyl (C=O) groups is 2. The molecule has 2 N–H and O–H groups in total. The molecule has 3 aromatic heterocycles. The first-order valence-electron chi connectivity index (χ1n) is 9.61. The number of imidazole rings is 1. The maximum atomic E-state index is 13.4. The van der Waals surface area contributed by atoms with Crippen LogP contribution in [0.2, 0.25) is 0 Å². The molecule has 4 rings (SSSR count). The van der Waals surface area contributed by atoms with Crippen molar-refractivity contribution in [2.75, 3.05) is 5.32 Å². The van der Waals surface area contributed by atoms with Gasteiger partial charge in [-0.3, -0.25) is 9.59 Å². The number of aromatic nitrogens is 5. The van der Waals surface area contributed by atoms with Crippen LogP contribution < -0.4 is 10.6 Å². The Labute approximate surface area is 192 Å². The number of benzene rings is 1. The Bertz CT molecular complexity index is 1400. The number of halogens is 4. The highest BCUT2D eigenvalue weighted by Crippen LogP contribution is 2.33. The molecule has 0 saturated carbocycles. The smallest absolute Gasteiger partial charge is 0.342 e. The molecular weight excluding hydrogens is 478 g/mol.